The van der Waals surface area contributed by atoms with E-state index < -0.39 is 0 Å². The van der Waals surface area contributed by atoms with Crippen LogP contribution in [0.4, 0.5) is 5.69 Å². The molecular weight excluding hydrogens is 402 g/mol. The van der Waals surface area contributed by atoms with Crippen LogP contribution in [0.2, 0.25) is 5.02 Å². The van der Waals surface area contributed by atoms with E-state index in [9.17, 15) is 9.59 Å². The molecule has 0 aliphatic carbocycles. The Balaban J connectivity index is 1.80. The summed E-state index contributed by atoms with van der Waals surface area (Å²) in [4.78, 5) is 28.5. The fourth-order valence-corrected chi connectivity index (χ4v) is 3.10. The summed E-state index contributed by atoms with van der Waals surface area (Å²) in [5, 5.41) is 3.55. The van der Waals surface area contributed by atoms with E-state index in [2.05, 4.69) is 5.32 Å². The van der Waals surface area contributed by atoms with Crippen LogP contribution in [0.1, 0.15) is 19.4 Å². The summed E-state index contributed by atoms with van der Waals surface area (Å²) in [6.45, 7) is 4.86. The Morgan fingerprint density at radius 2 is 1.77 bits per heavy atom. The van der Waals surface area contributed by atoms with Crippen LogP contribution in [0.5, 0.6) is 5.75 Å². The highest BCUT2D eigenvalue weighted by molar-refractivity contribution is 6.30. The number of ether oxygens (including phenoxy) is 1. The van der Waals surface area contributed by atoms with Crippen molar-refractivity contribution in [2.75, 3.05) is 39.1 Å². The third-order valence-corrected chi connectivity index (χ3v) is 5.23. The monoisotopic (exact) mass is 431 g/mol. The number of aryl methyl sites for hydroxylation is 1. The fraction of sp³-hybridized carbons (Fsp3) is 0.391. The van der Waals surface area contributed by atoms with Crippen LogP contribution in [0.25, 0.3) is 0 Å². The maximum Gasteiger partial charge on any atom is 0.243 e. The van der Waals surface area contributed by atoms with E-state index in [4.69, 9.17) is 16.3 Å². The number of halogens is 1. The number of hydrogen-bond donors (Lipinski definition) is 1. The molecule has 0 aliphatic rings. The highest BCUT2D eigenvalue weighted by atomic mass is 35.5. The van der Waals surface area contributed by atoms with Gasteiger partial charge in [0, 0.05) is 24.3 Å². The van der Waals surface area contributed by atoms with E-state index in [1.807, 2.05) is 50.1 Å². The first-order valence-corrected chi connectivity index (χ1v) is 10.4. The lowest BCUT2D eigenvalue weighted by molar-refractivity contribution is -0.137. The average molecular weight is 432 g/mol. The van der Waals surface area contributed by atoms with Gasteiger partial charge in [-0.25, -0.2) is 0 Å². The minimum absolute atomic E-state index is 0.00363. The van der Waals surface area contributed by atoms with Crippen LogP contribution in [0, 0.1) is 0 Å². The van der Waals surface area contributed by atoms with Crippen molar-refractivity contribution >= 4 is 29.1 Å². The third kappa shape index (κ3) is 7.04. The quantitative estimate of drug-likeness (QED) is 0.623. The van der Waals surface area contributed by atoms with E-state index in [-0.39, 0.29) is 24.4 Å². The first kappa shape index (κ1) is 23.7. The highest BCUT2D eigenvalue weighted by Crippen LogP contribution is 2.16. The van der Waals surface area contributed by atoms with Gasteiger partial charge in [-0.15, -0.1) is 0 Å². The molecular formula is C23H30ClN3O3. The van der Waals surface area contributed by atoms with Gasteiger partial charge in [0.25, 0.3) is 0 Å². The number of likely N-dealkylation sites (N-methyl/N-ethyl adjacent to an activating group) is 2. The van der Waals surface area contributed by atoms with E-state index in [0.29, 0.717) is 18.2 Å². The number of hydrogen-bond acceptors (Lipinski definition) is 4. The fourth-order valence-electron chi connectivity index (χ4n) is 2.97. The van der Waals surface area contributed by atoms with Crippen molar-refractivity contribution in [3.05, 3.63) is 59.1 Å². The average Bonchev–Trinajstić information content (AvgIpc) is 2.74. The lowest BCUT2D eigenvalue weighted by Gasteiger charge is -2.28. The Bertz CT molecular complexity index is 842. The number of anilines is 1. The molecule has 162 valence electrons. The highest BCUT2D eigenvalue weighted by Gasteiger charge is 2.23. The largest absolute Gasteiger partial charge is 0.492 e. The molecule has 0 radical (unpaired) electrons. The Hall–Kier alpha value is -2.57. The van der Waals surface area contributed by atoms with Gasteiger partial charge >= 0.3 is 0 Å². The molecule has 2 aromatic carbocycles. The Morgan fingerprint density at radius 3 is 2.43 bits per heavy atom. The topological polar surface area (TPSA) is 61.9 Å². The van der Waals surface area contributed by atoms with E-state index in [1.54, 1.807) is 31.3 Å². The number of carbonyl (C=O) groups excluding carboxylic acids is 2. The first-order valence-electron chi connectivity index (χ1n) is 10.0. The standard InChI is InChI=1S/C23H30ClN3O3/c1-5-18-8-6-7-9-21(18)25-22(28)16-27(4)23(29)17(2)26(3)14-15-30-20-12-10-19(24)11-13-20/h6-13,17H,5,14-16H2,1-4H3,(H,25,28). The van der Waals surface area contributed by atoms with Crippen LogP contribution >= 0.6 is 11.6 Å². The predicted molar refractivity (Wildman–Crippen MR) is 121 cm³/mol. The summed E-state index contributed by atoms with van der Waals surface area (Å²) >= 11 is 5.86. The third-order valence-electron chi connectivity index (χ3n) is 4.97. The van der Waals surface area contributed by atoms with Gasteiger partial charge in [0.1, 0.15) is 12.4 Å². The van der Waals surface area contributed by atoms with E-state index in [1.165, 1.54) is 4.90 Å². The van der Waals surface area contributed by atoms with Crippen LogP contribution in [0.3, 0.4) is 0 Å². The molecule has 0 heterocycles. The summed E-state index contributed by atoms with van der Waals surface area (Å²) in [6.07, 6.45) is 0.825. The maximum absolute atomic E-state index is 12.7. The normalized spacial score (nSPS) is 11.8. The molecule has 1 unspecified atom stereocenters. The lowest BCUT2D eigenvalue weighted by atomic mass is 10.1. The minimum atomic E-state index is -0.375. The van der Waals surface area contributed by atoms with Gasteiger partial charge in [0.2, 0.25) is 11.8 Å². The van der Waals surface area contributed by atoms with E-state index >= 15 is 0 Å². The molecule has 1 N–H and O–H groups in total. The van der Waals surface area contributed by atoms with Crippen molar-refractivity contribution in [2.24, 2.45) is 0 Å². The smallest absolute Gasteiger partial charge is 0.243 e. The predicted octanol–water partition coefficient (Wildman–Crippen LogP) is 3.70. The second kappa shape index (κ2) is 11.6. The van der Waals surface area contributed by atoms with Crippen molar-refractivity contribution in [2.45, 2.75) is 26.3 Å². The molecule has 1 atom stereocenters. The number of benzene rings is 2. The van der Waals surface area contributed by atoms with Gasteiger partial charge in [-0.3, -0.25) is 14.5 Å². The summed E-state index contributed by atoms with van der Waals surface area (Å²) < 4.78 is 5.69. The second-order valence-electron chi connectivity index (χ2n) is 7.21. The Morgan fingerprint density at radius 1 is 1.10 bits per heavy atom. The molecule has 30 heavy (non-hydrogen) atoms. The van der Waals surface area contributed by atoms with Gasteiger partial charge in [0.05, 0.1) is 12.6 Å². The number of amides is 2. The van der Waals surface area contributed by atoms with Crippen molar-refractivity contribution in [1.82, 2.24) is 9.80 Å². The van der Waals surface area contributed by atoms with Gasteiger partial charge in [-0.05, 0) is 56.3 Å². The van der Waals surface area contributed by atoms with Crippen molar-refractivity contribution in [3.8, 4) is 5.75 Å². The molecule has 0 bridgehead atoms. The van der Waals surface area contributed by atoms with E-state index in [0.717, 1.165) is 23.4 Å². The second-order valence-corrected chi connectivity index (χ2v) is 7.65. The molecule has 0 saturated carbocycles. The number of para-hydroxylation sites is 1. The van der Waals surface area contributed by atoms with Crippen molar-refractivity contribution in [1.29, 1.82) is 0 Å². The zero-order valence-electron chi connectivity index (χ0n) is 18.0. The van der Waals surface area contributed by atoms with Crippen LogP contribution < -0.4 is 10.1 Å². The molecule has 0 saturated heterocycles. The van der Waals surface area contributed by atoms with Crippen molar-refractivity contribution < 1.29 is 14.3 Å². The van der Waals surface area contributed by atoms with Gasteiger partial charge in [-0.2, -0.15) is 0 Å². The van der Waals surface area contributed by atoms with Gasteiger partial charge < -0.3 is 15.0 Å². The summed E-state index contributed by atoms with van der Waals surface area (Å²) in [7, 11) is 3.50. The summed E-state index contributed by atoms with van der Waals surface area (Å²) in [5.74, 6) is 0.392. The molecule has 0 spiro atoms. The SMILES string of the molecule is CCc1ccccc1NC(=O)CN(C)C(=O)C(C)N(C)CCOc1ccc(Cl)cc1. The summed E-state index contributed by atoms with van der Waals surface area (Å²) in [5.41, 5.74) is 1.85. The van der Waals surface area contributed by atoms with Gasteiger partial charge in [-0.1, -0.05) is 36.7 Å². The van der Waals surface area contributed by atoms with Crippen LogP contribution in [-0.2, 0) is 16.0 Å². The zero-order chi connectivity index (χ0) is 22.1. The van der Waals surface area contributed by atoms with Crippen LogP contribution in [0.15, 0.2) is 48.5 Å². The number of rotatable bonds is 10. The molecule has 0 fully saturated rings. The van der Waals surface area contributed by atoms with Crippen molar-refractivity contribution in [3.63, 3.8) is 0 Å². The maximum atomic E-state index is 12.7. The molecule has 0 aliphatic heterocycles. The van der Waals surface area contributed by atoms with Gasteiger partial charge in [0.15, 0.2) is 0 Å². The summed E-state index contributed by atoms with van der Waals surface area (Å²) in [6, 6.07) is 14.4. The molecule has 2 rings (SSSR count). The first-order chi connectivity index (χ1) is 14.3. The van der Waals surface area contributed by atoms with Crippen LogP contribution in [-0.4, -0.2) is 61.4 Å². The minimum Gasteiger partial charge on any atom is -0.492 e. The molecule has 0 aromatic heterocycles. The number of nitrogens with zero attached hydrogens (tertiary/aromatic N) is 2. The molecule has 2 aromatic rings. The molecule has 6 nitrogen and oxygen atoms in total. The lowest BCUT2D eigenvalue weighted by Crippen LogP contribution is -2.47. The molecule has 7 heteroatoms. The Labute approximate surface area is 183 Å². The zero-order valence-corrected chi connectivity index (χ0v) is 18.8. The number of carbonyl (C=O) groups is 2. The molecule has 2 amide bonds. The number of nitrogens with one attached hydrogen (secondary N) is 1. The Kier molecular flexibility index (Phi) is 9.15.